The van der Waals surface area contributed by atoms with Gasteiger partial charge in [0.05, 0.1) is 0 Å². The van der Waals surface area contributed by atoms with Gasteiger partial charge in [0.2, 0.25) is 11.7 Å². The van der Waals surface area contributed by atoms with Crippen LogP contribution >= 0.6 is 0 Å². The predicted octanol–water partition coefficient (Wildman–Crippen LogP) is -0.421. The second-order valence-electron chi connectivity index (χ2n) is 4.26. The van der Waals surface area contributed by atoms with Gasteiger partial charge in [-0.3, -0.25) is 14.7 Å². The van der Waals surface area contributed by atoms with E-state index in [9.17, 15) is 9.59 Å². The van der Waals surface area contributed by atoms with Crippen LogP contribution in [-0.2, 0) is 4.79 Å². The minimum absolute atomic E-state index is 0.0477. The smallest absolute Gasteiger partial charge is 0.288 e. The first-order valence-electron chi connectivity index (χ1n) is 5.62. The highest BCUT2D eigenvalue weighted by atomic mass is 16.2. The maximum Gasteiger partial charge on any atom is 0.288 e. The molecule has 0 spiro atoms. The Kier molecular flexibility index (Phi) is 3.36. The number of aromatic nitrogens is 3. The number of nitrogens with two attached hydrogens (primary N) is 1. The van der Waals surface area contributed by atoms with Gasteiger partial charge >= 0.3 is 0 Å². The normalized spacial score (nSPS) is 24.2. The van der Waals surface area contributed by atoms with Gasteiger partial charge in [-0.1, -0.05) is 0 Å². The first-order chi connectivity index (χ1) is 8.16. The van der Waals surface area contributed by atoms with E-state index in [0.717, 1.165) is 25.7 Å². The van der Waals surface area contributed by atoms with Gasteiger partial charge in [0.25, 0.3) is 5.91 Å². The lowest BCUT2D eigenvalue weighted by Gasteiger charge is -2.26. The molecule has 7 heteroatoms. The summed E-state index contributed by atoms with van der Waals surface area (Å²) in [5, 5.41) is 8.98. The third-order valence-electron chi connectivity index (χ3n) is 3.09. The molecule has 0 bridgehead atoms. The topological polar surface area (TPSA) is 114 Å². The Balaban J connectivity index is 1.82. The summed E-state index contributed by atoms with van der Waals surface area (Å²) in [5.74, 6) is -0.342. The minimum atomic E-state index is -0.259. The van der Waals surface area contributed by atoms with E-state index in [-0.39, 0.29) is 29.6 Å². The van der Waals surface area contributed by atoms with Gasteiger partial charge in [0.1, 0.15) is 6.33 Å². The summed E-state index contributed by atoms with van der Waals surface area (Å²) >= 11 is 0. The third kappa shape index (κ3) is 2.80. The van der Waals surface area contributed by atoms with Crippen LogP contribution in [-0.4, -0.2) is 33.0 Å². The Morgan fingerprint density at radius 2 is 2.06 bits per heavy atom. The van der Waals surface area contributed by atoms with Crippen molar-refractivity contribution in [3.8, 4) is 0 Å². The summed E-state index contributed by atoms with van der Waals surface area (Å²) < 4.78 is 0. The molecule has 92 valence electrons. The van der Waals surface area contributed by atoms with Crippen molar-refractivity contribution in [2.24, 2.45) is 11.7 Å². The summed E-state index contributed by atoms with van der Waals surface area (Å²) in [7, 11) is 0. The molecule has 0 aromatic carbocycles. The second kappa shape index (κ2) is 4.94. The van der Waals surface area contributed by atoms with Crippen molar-refractivity contribution in [2.45, 2.75) is 31.7 Å². The van der Waals surface area contributed by atoms with Gasteiger partial charge in [0.15, 0.2) is 0 Å². The zero-order valence-corrected chi connectivity index (χ0v) is 9.35. The molecule has 1 aromatic heterocycles. The van der Waals surface area contributed by atoms with Gasteiger partial charge in [-0.2, -0.15) is 5.10 Å². The number of aromatic amines is 1. The molecule has 0 saturated heterocycles. The number of carbonyl (C=O) groups is 2. The van der Waals surface area contributed by atoms with Gasteiger partial charge in [-0.05, 0) is 25.7 Å². The Hall–Kier alpha value is -1.92. The fourth-order valence-corrected chi connectivity index (χ4v) is 2.09. The fourth-order valence-electron chi connectivity index (χ4n) is 2.09. The lowest BCUT2D eigenvalue weighted by atomic mass is 9.85. The molecular formula is C10H15N5O2. The summed E-state index contributed by atoms with van der Waals surface area (Å²) in [5.41, 5.74) is 5.24. The molecule has 4 N–H and O–H groups in total. The van der Waals surface area contributed by atoms with Crippen LogP contribution in [0.5, 0.6) is 0 Å². The quantitative estimate of drug-likeness (QED) is 0.662. The van der Waals surface area contributed by atoms with E-state index in [0.29, 0.717) is 0 Å². The molecule has 1 fully saturated rings. The number of nitrogens with one attached hydrogen (secondary N) is 2. The van der Waals surface area contributed by atoms with Crippen LogP contribution in [0, 0.1) is 5.92 Å². The molecule has 1 aliphatic rings. The van der Waals surface area contributed by atoms with Crippen molar-refractivity contribution in [2.75, 3.05) is 0 Å². The van der Waals surface area contributed by atoms with Crippen molar-refractivity contribution in [1.82, 2.24) is 20.5 Å². The first-order valence-corrected chi connectivity index (χ1v) is 5.62. The minimum Gasteiger partial charge on any atom is -0.369 e. The second-order valence-corrected chi connectivity index (χ2v) is 4.26. The van der Waals surface area contributed by atoms with Crippen molar-refractivity contribution in [3.63, 3.8) is 0 Å². The van der Waals surface area contributed by atoms with E-state index in [1.165, 1.54) is 6.33 Å². The lowest BCUT2D eigenvalue weighted by Crippen LogP contribution is -2.40. The van der Waals surface area contributed by atoms with Gasteiger partial charge < -0.3 is 11.1 Å². The Morgan fingerprint density at radius 1 is 1.35 bits per heavy atom. The van der Waals surface area contributed by atoms with E-state index < -0.39 is 0 Å². The van der Waals surface area contributed by atoms with E-state index in [2.05, 4.69) is 20.5 Å². The number of carbonyl (C=O) groups excluding carboxylic acids is 2. The number of primary amides is 1. The molecule has 0 radical (unpaired) electrons. The van der Waals surface area contributed by atoms with Crippen LogP contribution in [0.15, 0.2) is 6.33 Å². The van der Waals surface area contributed by atoms with E-state index in [1.54, 1.807) is 0 Å². The number of rotatable bonds is 3. The summed E-state index contributed by atoms with van der Waals surface area (Å²) in [4.78, 5) is 26.4. The number of hydrogen-bond acceptors (Lipinski definition) is 4. The van der Waals surface area contributed by atoms with Crippen LogP contribution in [0.1, 0.15) is 36.3 Å². The van der Waals surface area contributed by atoms with Gasteiger partial charge in [-0.25, -0.2) is 4.98 Å². The number of hydrogen-bond donors (Lipinski definition) is 3. The lowest BCUT2D eigenvalue weighted by molar-refractivity contribution is -0.122. The van der Waals surface area contributed by atoms with Gasteiger partial charge in [-0.15, -0.1) is 0 Å². The standard InChI is InChI=1S/C10H15N5O2/c11-8(16)6-1-3-7(4-2-6)14-10(17)9-12-5-13-15-9/h5-7H,1-4H2,(H2,11,16)(H,14,17)(H,12,13,15). The number of H-pyrrole nitrogens is 1. The van der Waals surface area contributed by atoms with Gasteiger partial charge in [0, 0.05) is 12.0 Å². The monoisotopic (exact) mass is 237 g/mol. The van der Waals surface area contributed by atoms with Crippen LogP contribution in [0.3, 0.4) is 0 Å². The highest BCUT2D eigenvalue weighted by Crippen LogP contribution is 2.23. The van der Waals surface area contributed by atoms with Crippen LogP contribution in [0.4, 0.5) is 0 Å². The molecule has 2 rings (SSSR count). The van der Waals surface area contributed by atoms with E-state index in [4.69, 9.17) is 5.73 Å². The highest BCUT2D eigenvalue weighted by Gasteiger charge is 2.26. The van der Waals surface area contributed by atoms with Crippen molar-refractivity contribution in [3.05, 3.63) is 12.2 Å². The van der Waals surface area contributed by atoms with Crippen molar-refractivity contribution in [1.29, 1.82) is 0 Å². The zero-order valence-electron chi connectivity index (χ0n) is 9.35. The zero-order chi connectivity index (χ0) is 12.3. The summed E-state index contributed by atoms with van der Waals surface area (Å²) in [6.07, 6.45) is 4.30. The van der Waals surface area contributed by atoms with Crippen LogP contribution in [0.25, 0.3) is 0 Å². The van der Waals surface area contributed by atoms with Crippen molar-refractivity contribution >= 4 is 11.8 Å². The van der Waals surface area contributed by atoms with Crippen LogP contribution in [0.2, 0.25) is 0 Å². The molecule has 0 aliphatic heterocycles. The molecule has 1 aromatic rings. The Labute approximate surface area is 98.2 Å². The molecule has 2 amide bonds. The van der Waals surface area contributed by atoms with E-state index >= 15 is 0 Å². The molecule has 17 heavy (non-hydrogen) atoms. The molecule has 1 aliphatic carbocycles. The number of amides is 2. The number of nitrogens with zero attached hydrogens (tertiary/aromatic N) is 2. The van der Waals surface area contributed by atoms with Crippen molar-refractivity contribution < 1.29 is 9.59 Å². The molecular weight excluding hydrogens is 222 g/mol. The molecule has 7 nitrogen and oxygen atoms in total. The van der Waals surface area contributed by atoms with Crippen LogP contribution < -0.4 is 11.1 Å². The average molecular weight is 237 g/mol. The Morgan fingerprint density at radius 3 is 2.59 bits per heavy atom. The summed E-state index contributed by atoms with van der Waals surface area (Å²) in [6.45, 7) is 0. The molecule has 1 saturated carbocycles. The average Bonchev–Trinajstić information content (AvgIpc) is 2.83. The first kappa shape index (κ1) is 11.6. The predicted molar refractivity (Wildman–Crippen MR) is 58.8 cm³/mol. The summed E-state index contributed by atoms with van der Waals surface area (Å²) in [6, 6.07) is 0.0863. The maximum absolute atomic E-state index is 11.7. The molecule has 0 unspecified atom stereocenters. The Bertz CT molecular complexity index is 395. The maximum atomic E-state index is 11.7. The SMILES string of the molecule is NC(=O)C1CCC(NC(=O)c2ncn[nH]2)CC1. The highest BCUT2D eigenvalue weighted by molar-refractivity contribution is 5.90. The van der Waals surface area contributed by atoms with E-state index in [1.807, 2.05) is 0 Å². The fraction of sp³-hybridized carbons (Fsp3) is 0.600. The largest absolute Gasteiger partial charge is 0.369 e. The molecule has 0 atom stereocenters. The third-order valence-corrected chi connectivity index (χ3v) is 3.09. The molecule has 1 heterocycles.